The second-order valence-electron chi connectivity index (χ2n) is 8.23. The zero-order valence-corrected chi connectivity index (χ0v) is 18.1. The van der Waals surface area contributed by atoms with E-state index in [1.807, 2.05) is 30.3 Å². The quantitative estimate of drug-likeness (QED) is 0.582. The Morgan fingerprint density at radius 2 is 1.71 bits per heavy atom. The summed E-state index contributed by atoms with van der Waals surface area (Å²) in [5.41, 5.74) is 4.52. The molecule has 0 radical (unpaired) electrons. The number of nitrogens with zero attached hydrogens (tertiary/aromatic N) is 3. The molecule has 0 saturated carbocycles. The average molecular weight is 415 g/mol. The number of carbonyl (C=O) groups is 1. The molecule has 1 aromatic heterocycles. The number of aryl methyl sites for hydroxylation is 2. The van der Waals surface area contributed by atoms with Crippen LogP contribution in [0.2, 0.25) is 0 Å². The fourth-order valence-electron chi connectivity index (χ4n) is 4.16. The van der Waals surface area contributed by atoms with Gasteiger partial charge in [-0.3, -0.25) is 4.79 Å². The van der Waals surface area contributed by atoms with Crippen molar-refractivity contribution in [1.29, 1.82) is 0 Å². The van der Waals surface area contributed by atoms with Crippen LogP contribution in [0.4, 0.5) is 5.82 Å². The summed E-state index contributed by atoms with van der Waals surface area (Å²) in [5, 5.41) is 12.0. The fraction of sp³-hybridized carbons (Fsp3) is 0.346. The summed E-state index contributed by atoms with van der Waals surface area (Å²) in [5.74, 6) is 1.17. The van der Waals surface area contributed by atoms with E-state index in [1.165, 1.54) is 11.1 Å². The van der Waals surface area contributed by atoms with E-state index < -0.39 is 0 Å². The van der Waals surface area contributed by atoms with Gasteiger partial charge in [-0.1, -0.05) is 54.6 Å². The monoisotopic (exact) mass is 414 g/mol. The lowest BCUT2D eigenvalue weighted by atomic mass is 9.96. The van der Waals surface area contributed by atoms with Gasteiger partial charge in [0.1, 0.15) is 0 Å². The zero-order valence-electron chi connectivity index (χ0n) is 18.1. The minimum atomic E-state index is 0.0900. The lowest BCUT2D eigenvalue weighted by Gasteiger charge is -2.31. The van der Waals surface area contributed by atoms with Crippen molar-refractivity contribution in [2.45, 2.75) is 32.6 Å². The molecule has 3 aromatic rings. The van der Waals surface area contributed by atoms with Crippen LogP contribution in [0.3, 0.4) is 0 Å². The largest absolute Gasteiger partial charge is 0.356 e. The van der Waals surface area contributed by atoms with Crippen molar-refractivity contribution in [2.24, 2.45) is 5.92 Å². The predicted molar refractivity (Wildman–Crippen MR) is 125 cm³/mol. The van der Waals surface area contributed by atoms with Crippen LogP contribution < -0.4 is 10.2 Å². The Hall–Kier alpha value is -3.21. The molecule has 2 aromatic carbocycles. The molecule has 1 fully saturated rings. The normalized spacial score (nSPS) is 14.4. The van der Waals surface area contributed by atoms with E-state index in [-0.39, 0.29) is 11.8 Å². The SMILES string of the molecule is Cc1ccccc1-c1ccc(N2CCC(C(=O)NCCCc3ccccc3)CC2)nn1. The van der Waals surface area contributed by atoms with E-state index in [4.69, 9.17) is 0 Å². The van der Waals surface area contributed by atoms with E-state index in [0.29, 0.717) is 0 Å². The topological polar surface area (TPSA) is 58.1 Å². The number of carbonyl (C=O) groups excluding carboxylic acids is 1. The molecule has 5 nitrogen and oxygen atoms in total. The molecule has 0 bridgehead atoms. The first-order valence-corrected chi connectivity index (χ1v) is 11.2. The summed E-state index contributed by atoms with van der Waals surface area (Å²) < 4.78 is 0. The van der Waals surface area contributed by atoms with Crippen molar-refractivity contribution in [3.63, 3.8) is 0 Å². The van der Waals surface area contributed by atoms with Crippen molar-refractivity contribution in [3.05, 3.63) is 77.9 Å². The zero-order chi connectivity index (χ0) is 21.5. The third-order valence-electron chi connectivity index (χ3n) is 6.05. The number of hydrogen-bond acceptors (Lipinski definition) is 4. The van der Waals surface area contributed by atoms with Gasteiger partial charge in [-0.2, -0.15) is 0 Å². The van der Waals surface area contributed by atoms with Crippen molar-refractivity contribution < 1.29 is 4.79 Å². The summed E-state index contributed by atoms with van der Waals surface area (Å²) in [6, 6.07) is 22.7. The average Bonchev–Trinajstić information content (AvgIpc) is 2.83. The maximum absolute atomic E-state index is 12.5. The number of nitrogens with one attached hydrogen (secondary N) is 1. The predicted octanol–water partition coefficient (Wildman–Crippen LogP) is 4.42. The number of hydrogen-bond donors (Lipinski definition) is 1. The van der Waals surface area contributed by atoms with Gasteiger partial charge in [-0.15, -0.1) is 10.2 Å². The Morgan fingerprint density at radius 3 is 2.42 bits per heavy atom. The smallest absolute Gasteiger partial charge is 0.223 e. The summed E-state index contributed by atoms with van der Waals surface area (Å²) >= 11 is 0. The van der Waals surface area contributed by atoms with Crippen LogP contribution in [0.5, 0.6) is 0 Å². The Balaban J connectivity index is 1.23. The van der Waals surface area contributed by atoms with Crippen molar-refractivity contribution >= 4 is 11.7 Å². The minimum absolute atomic E-state index is 0.0900. The third kappa shape index (κ3) is 5.48. The highest BCUT2D eigenvalue weighted by atomic mass is 16.1. The Morgan fingerprint density at radius 1 is 0.968 bits per heavy atom. The van der Waals surface area contributed by atoms with Crippen LogP contribution in [0.15, 0.2) is 66.7 Å². The lowest BCUT2D eigenvalue weighted by molar-refractivity contribution is -0.125. The number of benzene rings is 2. The molecule has 1 aliphatic heterocycles. The van der Waals surface area contributed by atoms with Gasteiger partial charge in [-0.05, 0) is 55.9 Å². The molecule has 0 aliphatic carbocycles. The number of rotatable bonds is 7. The van der Waals surface area contributed by atoms with Crippen LogP contribution in [-0.2, 0) is 11.2 Å². The van der Waals surface area contributed by atoms with Gasteiger partial charge in [0.05, 0.1) is 5.69 Å². The molecule has 1 amide bonds. The summed E-state index contributed by atoms with van der Waals surface area (Å²) in [6.07, 6.45) is 3.67. The van der Waals surface area contributed by atoms with Crippen LogP contribution in [0.1, 0.15) is 30.4 Å². The number of piperidine rings is 1. The molecule has 4 rings (SSSR count). The summed E-state index contributed by atoms with van der Waals surface area (Å²) in [6.45, 7) is 4.49. The number of aromatic nitrogens is 2. The van der Waals surface area contributed by atoms with Crippen LogP contribution in [0.25, 0.3) is 11.3 Å². The Bertz CT molecular complexity index is 980. The molecule has 0 atom stereocenters. The van der Waals surface area contributed by atoms with Gasteiger partial charge in [0.2, 0.25) is 5.91 Å². The highest BCUT2D eigenvalue weighted by Crippen LogP contribution is 2.25. The molecule has 31 heavy (non-hydrogen) atoms. The first kappa shape index (κ1) is 21.0. The van der Waals surface area contributed by atoms with Gasteiger partial charge in [0.25, 0.3) is 0 Å². The molecule has 0 unspecified atom stereocenters. The van der Waals surface area contributed by atoms with Gasteiger partial charge < -0.3 is 10.2 Å². The minimum Gasteiger partial charge on any atom is -0.356 e. The van der Waals surface area contributed by atoms with Gasteiger partial charge in [0, 0.05) is 31.1 Å². The molecule has 0 spiro atoms. The maximum Gasteiger partial charge on any atom is 0.223 e. The first-order valence-electron chi connectivity index (χ1n) is 11.2. The van der Waals surface area contributed by atoms with E-state index in [1.54, 1.807) is 0 Å². The Labute approximate surface area is 184 Å². The fourth-order valence-corrected chi connectivity index (χ4v) is 4.16. The van der Waals surface area contributed by atoms with E-state index >= 15 is 0 Å². The molecule has 5 heteroatoms. The molecule has 160 valence electrons. The summed E-state index contributed by atoms with van der Waals surface area (Å²) in [7, 11) is 0. The van der Waals surface area contributed by atoms with E-state index in [0.717, 1.165) is 62.4 Å². The van der Waals surface area contributed by atoms with Gasteiger partial charge in [0.15, 0.2) is 5.82 Å². The second-order valence-corrected chi connectivity index (χ2v) is 8.23. The van der Waals surface area contributed by atoms with Crippen molar-refractivity contribution in [2.75, 3.05) is 24.5 Å². The second kappa shape index (κ2) is 10.2. The van der Waals surface area contributed by atoms with Crippen LogP contribution in [0, 0.1) is 12.8 Å². The maximum atomic E-state index is 12.5. The molecular formula is C26H30N4O. The first-order chi connectivity index (χ1) is 15.2. The molecule has 1 aliphatic rings. The molecule has 2 heterocycles. The van der Waals surface area contributed by atoms with Crippen LogP contribution in [-0.4, -0.2) is 35.7 Å². The van der Waals surface area contributed by atoms with Gasteiger partial charge >= 0.3 is 0 Å². The molecule has 1 saturated heterocycles. The Kier molecular flexibility index (Phi) is 6.92. The van der Waals surface area contributed by atoms with E-state index in [9.17, 15) is 4.79 Å². The summed E-state index contributed by atoms with van der Waals surface area (Å²) in [4.78, 5) is 14.8. The van der Waals surface area contributed by atoms with Gasteiger partial charge in [-0.25, -0.2) is 0 Å². The van der Waals surface area contributed by atoms with Crippen LogP contribution >= 0.6 is 0 Å². The lowest BCUT2D eigenvalue weighted by Crippen LogP contribution is -2.41. The highest BCUT2D eigenvalue weighted by Gasteiger charge is 2.25. The third-order valence-corrected chi connectivity index (χ3v) is 6.05. The highest BCUT2D eigenvalue weighted by molar-refractivity contribution is 5.79. The van der Waals surface area contributed by atoms with Crippen molar-refractivity contribution in [1.82, 2.24) is 15.5 Å². The number of amides is 1. The van der Waals surface area contributed by atoms with Crippen molar-refractivity contribution in [3.8, 4) is 11.3 Å². The number of anilines is 1. The molecule has 1 N–H and O–H groups in total. The standard InChI is InChI=1S/C26H30N4O/c1-20-8-5-6-12-23(20)24-13-14-25(29-28-24)30-18-15-22(16-19-30)26(31)27-17-7-11-21-9-3-2-4-10-21/h2-6,8-10,12-14,22H,7,11,15-19H2,1H3,(H,27,31). The van der Waals surface area contributed by atoms with E-state index in [2.05, 4.69) is 63.7 Å². The molecular weight excluding hydrogens is 384 g/mol.